The van der Waals surface area contributed by atoms with Crippen molar-refractivity contribution in [3.63, 3.8) is 0 Å². The summed E-state index contributed by atoms with van der Waals surface area (Å²) < 4.78 is 10.7. The van der Waals surface area contributed by atoms with E-state index in [1.165, 1.54) is 20.9 Å². The van der Waals surface area contributed by atoms with Gasteiger partial charge in [0.15, 0.2) is 0 Å². The molecule has 0 radical (unpaired) electrons. The quantitative estimate of drug-likeness (QED) is 0.0543. The van der Waals surface area contributed by atoms with E-state index in [2.05, 4.69) is 106 Å². The third kappa shape index (κ3) is 44.0. The molecule has 0 aliphatic heterocycles. The summed E-state index contributed by atoms with van der Waals surface area (Å²) in [5.74, 6) is 6.24. The molecule has 0 saturated carbocycles. The normalized spacial score (nSPS) is 9.53. The number of thiophene rings is 1. The molecule has 0 aliphatic rings. The van der Waals surface area contributed by atoms with Gasteiger partial charge >= 0.3 is 0 Å². The summed E-state index contributed by atoms with van der Waals surface area (Å²) in [6.07, 6.45) is 0. The van der Waals surface area contributed by atoms with Gasteiger partial charge in [0.25, 0.3) is 5.69 Å². The van der Waals surface area contributed by atoms with E-state index in [0.717, 1.165) is 99.5 Å². The van der Waals surface area contributed by atoms with Crippen molar-refractivity contribution in [1.29, 1.82) is 0 Å². The van der Waals surface area contributed by atoms with Gasteiger partial charge in [-0.25, -0.2) is 0 Å². The number of aromatic hydroxyl groups is 13. The van der Waals surface area contributed by atoms with E-state index in [9.17, 15) is 20.3 Å². The smallest absolute Gasteiger partial charge is 0.273 e. The van der Waals surface area contributed by atoms with Crippen molar-refractivity contribution in [2.24, 2.45) is 0 Å². The molecule has 19 heteroatoms. The van der Waals surface area contributed by atoms with Crippen molar-refractivity contribution in [2.45, 2.75) is 203 Å². The molecular formula is C92H127NO17S. The standard InChI is InChI=1S/C10H13NO2.2C10H8O2.C10H14.2C8H12O.C8H12S.3C6H6O3.5C2H6/c1-7(2)9-5-4-8(3)6-10(9)11(12)13;11-9-3-1-7-2-4-10(12)6-8(7)5-9;11-9-5-1-3-7-8(9)4-2-6-10(7)12;1-8(2)10-6-4-9(3)5-7-10;3*1-6(2)8-5-4-7(3)9-8;3*7-4-1-5(8)3-6(9)2-4;5*1-2/h4-7H,1-3H3;2*1-6,11-12H;4-8H,1-3H3;3*4-6H,1-3H3;3*1-3,7-9H;5*1-2H3. The summed E-state index contributed by atoms with van der Waals surface area (Å²) in [5, 5.41) is 129. The maximum Gasteiger partial charge on any atom is 0.273 e. The minimum absolute atomic E-state index is 0.146. The molecule has 3 aromatic heterocycles. The van der Waals surface area contributed by atoms with Gasteiger partial charge in [0, 0.05) is 98.6 Å². The second-order valence-corrected chi connectivity index (χ2v) is 26.2. The molecule has 0 spiro atoms. The molecule has 3 heterocycles. The zero-order valence-electron chi connectivity index (χ0n) is 69.8. The number of aryl methyl sites for hydroxylation is 5. The Bertz CT molecular complexity index is 4000. The van der Waals surface area contributed by atoms with Gasteiger partial charge in [-0.05, 0) is 147 Å². The molecule has 608 valence electrons. The Labute approximate surface area is 664 Å². The fraction of sp³-hybridized carbons (Fsp3) is 0.326. The molecule has 111 heavy (non-hydrogen) atoms. The lowest BCUT2D eigenvalue weighted by Crippen LogP contribution is -1.97. The maximum absolute atomic E-state index is 10.7. The van der Waals surface area contributed by atoms with E-state index in [4.69, 9.17) is 65.0 Å². The van der Waals surface area contributed by atoms with Crippen LogP contribution in [0.5, 0.6) is 74.7 Å². The molecule has 9 aromatic carbocycles. The fourth-order valence-corrected chi connectivity index (χ4v) is 9.66. The van der Waals surface area contributed by atoms with Crippen molar-refractivity contribution < 1.29 is 80.1 Å². The van der Waals surface area contributed by atoms with Crippen molar-refractivity contribution in [3.05, 3.63) is 271 Å². The minimum Gasteiger partial charge on any atom is -0.508 e. The average molecular weight is 1550 g/mol. The van der Waals surface area contributed by atoms with Crippen LogP contribution < -0.4 is 0 Å². The van der Waals surface area contributed by atoms with Crippen LogP contribution in [0.1, 0.15) is 223 Å². The Morgan fingerprint density at radius 3 is 0.892 bits per heavy atom. The van der Waals surface area contributed by atoms with E-state index in [0.29, 0.717) is 34.4 Å². The summed E-state index contributed by atoms with van der Waals surface area (Å²) in [5.41, 5.74) is 4.72. The first-order valence-electron chi connectivity index (χ1n) is 37.4. The van der Waals surface area contributed by atoms with Gasteiger partial charge in [-0.15, -0.1) is 11.3 Å². The lowest BCUT2D eigenvalue weighted by atomic mass is 10.00. The Hall–Kier alpha value is -11.4. The van der Waals surface area contributed by atoms with Crippen LogP contribution >= 0.6 is 11.3 Å². The second-order valence-electron chi connectivity index (χ2n) is 24.8. The van der Waals surface area contributed by atoms with Gasteiger partial charge in [0.2, 0.25) is 0 Å². The number of hydrogen-bond acceptors (Lipinski definition) is 18. The molecule has 0 aliphatic carbocycles. The van der Waals surface area contributed by atoms with Gasteiger partial charge in [0.05, 0.1) is 4.92 Å². The molecule has 13 N–H and O–H groups in total. The minimum atomic E-state index is -0.317. The Kier molecular flexibility index (Phi) is 53.9. The topological polar surface area (TPSA) is 332 Å². The maximum atomic E-state index is 10.7. The predicted octanol–water partition coefficient (Wildman–Crippen LogP) is 26.8. The van der Waals surface area contributed by atoms with Gasteiger partial charge in [-0.1, -0.05) is 217 Å². The van der Waals surface area contributed by atoms with Gasteiger partial charge in [-0.2, -0.15) is 0 Å². The molecule has 18 nitrogen and oxygen atoms in total. The van der Waals surface area contributed by atoms with E-state index < -0.39 is 0 Å². The first kappa shape index (κ1) is 104. The molecule has 0 bridgehead atoms. The number of nitro benzene ring substituents is 1. The van der Waals surface area contributed by atoms with Gasteiger partial charge in [0.1, 0.15) is 97.8 Å². The third-order valence-electron chi connectivity index (χ3n) is 14.1. The highest BCUT2D eigenvalue weighted by atomic mass is 32.1. The Balaban J connectivity index is -0.00000116. The third-order valence-corrected chi connectivity index (χ3v) is 15.4. The zero-order valence-corrected chi connectivity index (χ0v) is 70.6. The van der Waals surface area contributed by atoms with E-state index in [1.54, 1.807) is 66.7 Å². The first-order valence-corrected chi connectivity index (χ1v) is 38.2. The van der Waals surface area contributed by atoms with Gasteiger partial charge in [-0.3, -0.25) is 10.1 Å². The fourth-order valence-electron chi connectivity index (χ4n) is 8.78. The number of benzene rings is 9. The number of fused-ring (bicyclic) bond motifs is 2. The molecule has 0 fully saturated rings. The summed E-state index contributed by atoms with van der Waals surface area (Å²) in [7, 11) is 0. The highest BCUT2D eigenvalue weighted by Gasteiger charge is 2.16. The van der Waals surface area contributed by atoms with Gasteiger partial charge < -0.3 is 75.2 Å². The number of rotatable bonds is 6. The van der Waals surface area contributed by atoms with Crippen LogP contribution in [-0.4, -0.2) is 71.3 Å². The van der Waals surface area contributed by atoms with Crippen molar-refractivity contribution in [1.82, 2.24) is 0 Å². The molecule has 12 rings (SSSR count). The Morgan fingerprint density at radius 2 is 0.649 bits per heavy atom. The SMILES string of the molecule is CC.CC.CC.CC.CC.Cc1ccc(C(C)C)c([N+](=O)[O-])c1.Cc1ccc(C(C)C)cc1.Cc1ccc(C(C)C)o1.Cc1ccc(C(C)C)o1.Cc1ccc(C(C)C)s1.Oc1cc(O)cc(O)c1.Oc1cc(O)cc(O)c1.Oc1cc(O)cc(O)c1.Oc1ccc2ccc(O)cc2c1.Oc1cccc2c(O)cccc12. The predicted molar refractivity (Wildman–Crippen MR) is 461 cm³/mol. The number of nitro groups is 1. The highest BCUT2D eigenvalue weighted by Crippen LogP contribution is 2.32. The van der Waals surface area contributed by atoms with Crippen LogP contribution in [0.3, 0.4) is 0 Å². The van der Waals surface area contributed by atoms with Crippen molar-refractivity contribution >= 4 is 38.6 Å². The summed E-state index contributed by atoms with van der Waals surface area (Å²) in [6, 6.07) is 57.0. The van der Waals surface area contributed by atoms with Crippen LogP contribution in [0.2, 0.25) is 0 Å². The molecule has 0 atom stereocenters. The van der Waals surface area contributed by atoms with Crippen LogP contribution in [-0.2, 0) is 0 Å². The zero-order chi connectivity index (χ0) is 85.8. The number of phenols is 13. The average Bonchev–Trinajstić information content (AvgIpc) is 1.64. The summed E-state index contributed by atoms with van der Waals surface area (Å²) in [6.45, 7) is 51.3. The van der Waals surface area contributed by atoms with Crippen LogP contribution in [0.4, 0.5) is 5.69 Å². The van der Waals surface area contributed by atoms with E-state index >= 15 is 0 Å². The molecule has 0 saturated heterocycles. The highest BCUT2D eigenvalue weighted by molar-refractivity contribution is 7.12. The first-order chi connectivity index (χ1) is 52.4. The molecule has 12 aromatic rings. The van der Waals surface area contributed by atoms with E-state index in [1.807, 2.05) is 164 Å². The number of furan rings is 2. The lowest BCUT2D eigenvalue weighted by molar-refractivity contribution is -0.385. The number of nitrogens with zero attached hydrogens (tertiary/aromatic N) is 1. The lowest BCUT2D eigenvalue weighted by Gasteiger charge is -2.06. The largest absolute Gasteiger partial charge is 0.508 e. The van der Waals surface area contributed by atoms with Crippen molar-refractivity contribution in [2.75, 3.05) is 0 Å². The van der Waals surface area contributed by atoms with Crippen LogP contribution in [0, 0.1) is 44.7 Å². The summed E-state index contributed by atoms with van der Waals surface area (Å²) in [4.78, 5) is 13.3. The number of hydrogen-bond donors (Lipinski definition) is 13. The van der Waals surface area contributed by atoms with E-state index in [-0.39, 0.29) is 91.3 Å². The molecule has 0 amide bonds. The van der Waals surface area contributed by atoms with Crippen molar-refractivity contribution in [3.8, 4) is 74.7 Å². The Morgan fingerprint density at radius 1 is 0.315 bits per heavy atom. The van der Waals surface area contributed by atoms with Crippen LogP contribution in [0.25, 0.3) is 21.5 Å². The number of phenolic OH excluding ortho intramolecular Hbond substituents is 13. The monoisotopic (exact) mass is 1550 g/mol. The second kappa shape index (κ2) is 57.7. The summed E-state index contributed by atoms with van der Waals surface area (Å²) >= 11 is 1.90. The molecule has 0 unspecified atom stereocenters. The van der Waals surface area contributed by atoms with Crippen LogP contribution in [0.15, 0.2) is 215 Å². The molecular weight excluding hydrogens is 1420 g/mol.